The SMILES string of the molecule is COC(=O)NC(=S)NCCCc1ccccc1. The van der Waals surface area contributed by atoms with Gasteiger partial charge in [0.1, 0.15) is 0 Å². The van der Waals surface area contributed by atoms with Crippen molar-refractivity contribution in [3.05, 3.63) is 35.9 Å². The first-order chi connectivity index (χ1) is 8.22. The van der Waals surface area contributed by atoms with Crippen molar-refractivity contribution in [2.75, 3.05) is 13.7 Å². The van der Waals surface area contributed by atoms with Gasteiger partial charge in [0.05, 0.1) is 7.11 Å². The average molecular weight is 252 g/mol. The zero-order valence-electron chi connectivity index (χ0n) is 9.73. The number of rotatable bonds is 4. The standard InChI is InChI=1S/C12H16N2O2S/c1-16-12(15)14-11(17)13-9-5-8-10-6-3-2-4-7-10/h2-4,6-7H,5,8-9H2,1H3,(H2,13,14,15,17). The molecule has 1 rings (SSSR count). The number of aryl methyl sites for hydroxylation is 1. The minimum Gasteiger partial charge on any atom is -0.453 e. The highest BCUT2D eigenvalue weighted by Gasteiger charge is 2.01. The van der Waals surface area contributed by atoms with Gasteiger partial charge in [-0.05, 0) is 30.6 Å². The summed E-state index contributed by atoms with van der Waals surface area (Å²) in [5, 5.41) is 5.62. The van der Waals surface area contributed by atoms with Gasteiger partial charge in [0.15, 0.2) is 5.11 Å². The molecule has 0 aromatic heterocycles. The fourth-order valence-electron chi connectivity index (χ4n) is 1.33. The molecule has 0 aliphatic carbocycles. The molecule has 0 spiro atoms. The monoisotopic (exact) mass is 252 g/mol. The van der Waals surface area contributed by atoms with Crippen LogP contribution in [0.15, 0.2) is 30.3 Å². The van der Waals surface area contributed by atoms with Crippen molar-refractivity contribution in [1.29, 1.82) is 0 Å². The first-order valence-corrected chi connectivity index (χ1v) is 5.80. The number of nitrogens with one attached hydrogen (secondary N) is 2. The number of methoxy groups -OCH3 is 1. The van der Waals surface area contributed by atoms with E-state index < -0.39 is 6.09 Å². The molecule has 0 aliphatic rings. The summed E-state index contributed by atoms with van der Waals surface area (Å²) >= 11 is 4.90. The molecule has 0 fully saturated rings. The Balaban J connectivity index is 2.12. The maximum atomic E-state index is 10.8. The third-order valence-corrected chi connectivity index (χ3v) is 2.42. The second-order valence-corrected chi connectivity index (χ2v) is 3.87. The fraction of sp³-hybridized carbons (Fsp3) is 0.333. The third kappa shape index (κ3) is 5.87. The minimum absolute atomic E-state index is 0.296. The quantitative estimate of drug-likeness (QED) is 0.634. The Labute approximate surface area is 106 Å². The molecular formula is C12H16N2O2S. The highest BCUT2D eigenvalue weighted by molar-refractivity contribution is 7.80. The molecule has 0 saturated carbocycles. The molecule has 0 saturated heterocycles. The predicted octanol–water partition coefficient (Wildman–Crippen LogP) is 1.85. The van der Waals surface area contributed by atoms with Crippen LogP contribution in [0.4, 0.5) is 4.79 Å². The summed E-state index contributed by atoms with van der Waals surface area (Å²) in [6, 6.07) is 10.2. The number of ether oxygens (including phenoxy) is 1. The van der Waals surface area contributed by atoms with Crippen molar-refractivity contribution in [2.24, 2.45) is 0 Å². The number of carbonyl (C=O) groups excluding carboxylic acids is 1. The Hall–Kier alpha value is -1.62. The van der Waals surface area contributed by atoms with Crippen molar-refractivity contribution < 1.29 is 9.53 Å². The van der Waals surface area contributed by atoms with E-state index >= 15 is 0 Å². The Kier molecular flexibility index (Phi) is 6.03. The van der Waals surface area contributed by atoms with E-state index in [0.717, 1.165) is 19.4 Å². The van der Waals surface area contributed by atoms with E-state index in [4.69, 9.17) is 12.2 Å². The van der Waals surface area contributed by atoms with Gasteiger partial charge in [0.2, 0.25) is 0 Å². The number of benzene rings is 1. The molecule has 92 valence electrons. The molecule has 5 heteroatoms. The molecule has 0 heterocycles. The van der Waals surface area contributed by atoms with Crippen molar-refractivity contribution in [1.82, 2.24) is 10.6 Å². The lowest BCUT2D eigenvalue weighted by Crippen LogP contribution is -2.39. The summed E-state index contributed by atoms with van der Waals surface area (Å²) in [6.45, 7) is 0.720. The second-order valence-electron chi connectivity index (χ2n) is 3.46. The van der Waals surface area contributed by atoms with Crippen LogP contribution < -0.4 is 10.6 Å². The van der Waals surface area contributed by atoms with E-state index in [2.05, 4.69) is 27.5 Å². The van der Waals surface area contributed by atoms with Crippen LogP contribution in [0.25, 0.3) is 0 Å². The molecule has 0 radical (unpaired) electrons. The molecular weight excluding hydrogens is 236 g/mol. The lowest BCUT2D eigenvalue weighted by atomic mass is 10.1. The molecule has 0 atom stereocenters. The first-order valence-electron chi connectivity index (χ1n) is 5.39. The molecule has 1 amide bonds. The molecule has 4 nitrogen and oxygen atoms in total. The number of carbonyl (C=O) groups is 1. The third-order valence-electron chi connectivity index (χ3n) is 2.17. The molecule has 0 aliphatic heterocycles. The number of alkyl carbamates (subject to hydrolysis) is 1. The predicted molar refractivity (Wildman–Crippen MR) is 70.9 cm³/mol. The second kappa shape index (κ2) is 7.62. The van der Waals surface area contributed by atoms with E-state index in [-0.39, 0.29) is 0 Å². The maximum absolute atomic E-state index is 10.8. The van der Waals surface area contributed by atoms with Gasteiger partial charge < -0.3 is 10.1 Å². The van der Waals surface area contributed by atoms with Crippen molar-refractivity contribution in [2.45, 2.75) is 12.8 Å². The number of hydrogen-bond donors (Lipinski definition) is 2. The van der Waals surface area contributed by atoms with Crippen molar-refractivity contribution in [3.63, 3.8) is 0 Å². The van der Waals surface area contributed by atoms with Crippen LogP contribution in [0.1, 0.15) is 12.0 Å². The minimum atomic E-state index is -0.550. The van der Waals surface area contributed by atoms with Crippen LogP contribution in [0.2, 0.25) is 0 Å². The van der Waals surface area contributed by atoms with E-state index in [1.54, 1.807) is 0 Å². The highest BCUT2D eigenvalue weighted by atomic mass is 32.1. The van der Waals surface area contributed by atoms with Crippen LogP contribution >= 0.6 is 12.2 Å². The Morgan fingerprint density at radius 3 is 2.71 bits per heavy atom. The average Bonchev–Trinajstić information content (AvgIpc) is 2.36. The largest absolute Gasteiger partial charge is 0.453 e. The zero-order valence-corrected chi connectivity index (χ0v) is 10.5. The van der Waals surface area contributed by atoms with Gasteiger partial charge in [-0.15, -0.1) is 0 Å². The van der Waals surface area contributed by atoms with E-state index in [1.165, 1.54) is 12.7 Å². The van der Waals surface area contributed by atoms with Gasteiger partial charge in [0.25, 0.3) is 0 Å². The molecule has 0 bridgehead atoms. The number of hydrogen-bond acceptors (Lipinski definition) is 3. The highest BCUT2D eigenvalue weighted by Crippen LogP contribution is 2.01. The normalized spacial score (nSPS) is 9.47. The summed E-state index contributed by atoms with van der Waals surface area (Å²) in [6.07, 6.45) is 1.38. The Bertz CT molecular complexity index is 368. The lowest BCUT2D eigenvalue weighted by Gasteiger charge is -2.08. The first kappa shape index (κ1) is 13.4. The fourth-order valence-corrected chi connectivity index (χ4v) is 1.51. The lowest BCUT2D eigenvalue weighted by molar-refractivity contribution is 0.176. The van der Waals surface area contributed by atoms with Crippen LogP contribution in [0.3, 0.4) is 0 Å². The van der Waals surface area contributed by atoms with Crippen LogP contribution in [-0.4, -0.2) is 24.9 Å². The number of amides is 1. The molecule has 1 aromatic carbocycles. The maximum Gasteiger partial charge on any atom is 0.413 e. The topological polar surface area (TPSA) is 50.4 Å². The summed E-state index contributed by atoms with van der Waals surface area (Å²) in [4.78, 5) is 10.8. The van der Waals surface area contributed by atoms with E-state index in [1.807, 2.05) is 18.2 Å². The Morgan fingerprint density at radius 2 is 2.06 bits per heavy atom. The van der Waals surface area contributed by atoms with Crippen LogP contribution in [0, 0.1) is 0 Å². The summed E-state index contributed by atoms with van der Waals surface area (Å²) in [5.74, 6) is 0. The van der Waals surface area contributed by atoms with Crippen LogP contribution in [-0.2, 0) is 11.2 Å². The van der Waals surface area contributed by atoms with E-state index in [0.29, 0.717) is 5.11 Å². The zero-order chi connectivity index (χ0) is 12.5. The van der Waals surface area contributed by atoms with E-state index in [9.17, 15) is 4.79 Å². The summed E-state index contributed by atoms with van der Waals surface area (Å²) in [7, 11) is 1.30. The van der Waals surface area contributed by atoms with Crippen molar-refractivity contribution in [3.8, 4) is 0 Å². The summed E-state index contributed by atoms with van der Waals surface area (Å²) in [5.41, 5.74) is 1.29. The van der Waals surface area contributed by atoms with Gasteiger partial charge in [-0.3, -0.25) is 5.32 Å². The smallest absolute Gasteiger partial charge is 0.413 e. The molecule has 0 unspecified atom stereocenters. The van der Waals surface area contributed by atoms with Gasteiger partial charge in [0, 0.05) is 6.54 Å². The van der Waals surface area contributed by atoms with Crippen molar-refractivity contribution >= 4 is 23.4 Å². The Morgan fingerprint density at radius 1 is 1.35 bits per heavy atom. The van der Waals surface area contributed by atoms with Gasteiger partial charge >= 0.3 is 6.09 Å². The molecule has 2 N–H and O–H groups in total. The molecule has 17 heavy (non-hydrogen) atoms. The number of thiocarbonyl (C=S) groups is 1. The van der Waals surface area contributed by atoms with Gasteiger partial charge in [-0.1, -0.05) is 30.3 Å². The van der Waals surface area contributed by atoms with Gasteiger partial charge in [-0.25, -0.2) is 4.79 Å². The summed E-state index contributed by atoms with van der Waals surface area (Å²) < 4.78 is 4.42. The van der Waals surface area contributed by atoms with Crippen LogP contribution in [0.5, 0.6) is 0 Å². The van der Waals surface area contributed by atoms with Gasteiger partial charge in [-0.2, -0.15) is 0 Å². The molecule has 1 aromatic rings.